The Morgan fingerprint density at radius 2 is 1.29 bits per heavy atom. The molecule has 21 heavy (non-hydrogen) atoms. The van der Waals surface area contributed by atoms with Gasteiger partial charge < -0.3 is 10.2 Å². The van der Waals surface area contributed by atoms with Crippen LogP contribution in [0.25, 0.3) is 0 Å². The Morgan fingerprint density at radius 1 is 0.762 bits per heavy atom. The normalized spacial score (nSPS) is 11.6. The van der Waals surface area contributed by atoms with E-state index in [1.54, 1.807) is 24.6 Å². The van der Waals surface area contributed by atoms with Gasteiger partial charge in [0.1, 0.15) is 11.5 Å². The van der Waals surface area contributed by atoms with Gasteiger partial charge >= 0.3 is 0 Å². The molecule has 0 heterocycles. The minimum Gasteiger partial charge on any atom is -0.508 e. The summed E-state index contributed by atoms with van der Waals surface area (Å²) in [5.74, 6) is 0.584. The van der Waals surface area contributed by atoms with Crippen LogP contribution >= 0.6 is 0 Å². The Hall–Kier alpha value is -2.62. The second-order valence-electron chi connectivity index (χ2n) is 5.04. The maximum absolute atomic E-state index is 9.70. The van der Waals surface area contributed by atoms with Crippen LogP contribution in [0.1, 0.15) is 27.8 Å². The third-order valence-corrected chi connectivity index (χ3v) is 3.21. The largest absolute Gasteiger partial charge is 0.508 e. The van der Waals surface area contributed by atoms with E-state index in [1.165, 1.54) is 0 Å². The van der Waals surface area contributed by atoms with Crippen molar-refractivity contribution in [3.05, 3.63) is 58.1 Å². The lowest BCUT2D eigenvalue weighted by molar-refractivity contribution is 0.467. The zero-order valence-electron chi connectivity index (χ0n) is 12.3. The maximum atomic E-state index is 9.70. The van der Waals surface area contributed by atoms with E-state index in [1.807, 2.05) is 39.0 Å². The SMILES string of the molecule is Cc1cc(C=NN=Cc2cc(C)c(O)c(C)c2)ccc1O. The zero-order valence-corrected chi connectivity index (χ0v) is 12.3. The number of nitrogens with zero attached hydrogens (tertiary/aromatic N) is 2. The Bertz CT molecular complexity index is 696. The van der Waals surface area contributed by atoms with E-state index in [-0.39, 0.29) is 5.75 Å². The van der Waals surface area contributed by atoms with Crippen LogP contribution in [0.15, 0.2) is 40.5 Å². The van der Waals surface area contributed by atoms with Gasteiger partial charge in [0, 0.05) is 0 Å². The Balaban J connectivity index is 2.11. The Kier molecular flexibility index (Phi) is 4.38. The molecule has 0 fully saturated rings. The molecule has 0 unspecified atom stereocenters. The summed E-state index contributed by atoms with van der Waals surface area (Å²) in [6.45, 7) is 5.53. The highest BCUT2D eigenvalue weighted by atomic mass is 16.3. The first-order valence-corrected chi connectivity index (χ1v) is 6.63. The number of aryl methyl sites for hydroxylation is 3. The number of aromatic hydroxyl groups is 2. The van der Waals surface area contributed by atoms with Crippen LogP contribution < -0.4 is 0 Å². The standard InChI is InChI=1S/C17H18N2O2/c1-11-6-14(4-5-16(11)20)9-18-19-10-15-7-12(2)17(21)13(3)8-15/h4-10,20-21H,1-3H3. The van der Waals surface area contributed by atoms with E-state index in [9.17, 15) is 10.2 Å². The van der Waals surface area contributed by atoms with Crippen LogP contribution in [-0.4, -0.2) is 22.6 Å². The first kappa shape index (κ1) is 14.8. The van der Waals surface area contributed by atoms with Gasteiger partial charge in [-0.3, -0.25) is 0 Å². The van der Waals surface area contributed by atoms with Crippen molar-refractivity contribution in [3.63, 3.8) is 0 Å². The second-order valence-corrected chi connectivity index (χ2v) is 5.04. The van der Waals surface area contributed by atoms with Crippen LogP contribution in [0.3, 0.4) is 0 Å². The van der Waals surface area contributed by atoms with Crippen molar-refractivity contribution < 1.29 is 10.2 Å². The Morgan fingerprint density at radius 3 is 1.86 bits per heavy atom. The molecule has 4 nitrogen and oxygen atoms in total. The molecule has 0 saturated carbocycles. The van der Waals surface area contributed by atoms with E-state index >= 15 is 0 Å². The fraction of sp³-hybridized carbons (Fsp3) is 0.176. The minimum atomic E-state index is 0.269. The third kappa shape index (κ3) is 3.69. The van der Waals surface area contributed by atoms with E-state index in [0.29, 0.717) is 5.75 Å². The van der Waals surface area contributed by atoms with E-state index in [2.05, 4.69) is 10.2 Å². The maximum Gasteiger partial charge on any atom is 0.121 e. The Labute approximate surface area is 124 Å². The predicted molar refractivity (Wildman–Crippen MR) is 85.6 cm³/mol. The first-order chi connectivity index (χ1) is 9.97. The van der Waals surface area contributed by atoms with Gasteiger partial charge in [0.25, 0.3) is 0 Å². The van der Waals surface area contributed by atoms with Gasteiger partial charge in [-0.1, -0.05) is 0 Å². The molecule has 4 heteroatoms. The van der Waals surface area contributed by atoms with Crippen LogP contribution in [-0.2, 0) is 0 Å². The molecule has 108 valence electrons. The number of hydrogen-bond acceptors (Lipinski definition) is 4. The lowest BCUT2D eigenvalue weighted by Gasteiger charge is -2.03. The topological polar surface area (TPSA) is 65.2 Å². The van der Waals surface area contributed by atoms with Crippen LogP contribution in [0.4, 0.5) is 0 Å². The van der Waals surface area contributed by atoms with Crippen molar-refractivity contribution in [2.45, 2.75) is 20.8 Å². The first-order valence-electron chi connectivity index (χ1n) is 6.63. The van der Waals surface area contributed by atoms with Crippen LogP contribution in [0.5, 0.6) is 11.5 Å². The molecule has 0 radical (unpaired) electrons. The smallest absolute Gasteiger partial charge is 0.121 e. The summed E-state index contributed by atoms with van der Waals surface area (Å²) in [5.41, 5.74) is 4.19. The number of rotatable bonds is 3. The van der Waals surface area contributed by atoms with Gasteiger partial charge in [0.05, 0.1) is 12.4 Å². The van der Waals surface area contributed by atoms with Gasteiger partial charge in [-0.25, -0.2) is 0 Å². The lowest BCUT2D eigenvalue weighted by Crippen LogP contribution is -1.87. The second kappa shape index (κ2) is 6.22. The molecule has 0 aliphatic rings. The van der Waals surface area contributed by atoms with Crippen molar-refractivity contribution in [2.75, 3.05) is 0 Å². The molecule has 0 atom stereocenters. The average molecular weight is 282 g/mol. The lowest BCUT2D eigenvalue weighted by atomic mass is 10.1. The molecule has 2 aromatic carbocycles. The van der Waals surface area contributed by atoms with Gasteiger partial charge in [-0.15, -0.1) is 0 Å². The molecule has 0 aliphatic heterocycles. The fourth-order valence-corrected chi connectivity index (χ4v) is 2.02. The molecular weight excluding hydrogens is 264 g/mol. The van der Waals surface area contributed by atoms with Gasteiger partial charge in [0.2, 0.25) is 0 Å². The molecule has 2 N–H and O–H groups in total. The van der Waals surface area contributed by atoms with Crippen LogP contribution in [0, 0.1) is 20.8 Å². The summed E-state index contributed by atoms with van der Waals surface area (Å²) < 4.78 is 0. The summed E-state index contributed by atoms with van der Waals surface area (Å²) in [7, 11) is 0. The molecule has 2 rings (SSSR count). The zero-order chi connectivity index (χ0) is 15.4. The fourth-order valence-electron chi connectivity index (χ4n) is 2.02. The number of phenolic OH excluding ortho intramolecular Hbond substituents is 2. The molecule has 0 amide bonds. The number of phenols is 2. The van der Waals surface area contributed by atoms with Gasteiger partial charge in [-0.05, 0) is 78.9 Å². The summed E-state index contributed by atoms with van der Waals surface area (Å²) >= 11 is 0. The summed E-state index contributed by atoms with van der Waals surface area (Å²) in [6, 6.07) is 8.95. The van der Waals surface area contributed by atoms with E-state index in [0.717, 1.165) is 27.8 Å². The summed E-state index contributed by atoms with van der Waals surface area (Å²) in [6.07, 6.45) is 3.27. The van der Waals surface area contributed by atoms with Gasteiger partial charge in [0.15, 0.2) is 0 Å². The highest BCUT2D eigenvalue weighted by molar-refractivity contribution is 5.83. The molecule has 2 aromatic rings. The third-order valence-electron chi connectivity index (χ3n) is 3.21. The molecule has 0 bridgehead atoms. The van der Waals surface area contributed by atoms with Crippen molar-refractivity contribution in [2.24, 2.45) is 10.2 Å². The predicted octanol–water partition coefficient (Wildman–Crippen LogP) is 3.48. The van der Waals surface area contributed by atoms with Crippen molar-refractivity contribution in [1.82, 2.24) is 0 Å². The minimum absolute atomic E-state index is 0.269. The highest BCUT2D eigenvalue weighted by Gasteiger charge is 2.01. The molecule has 0 saturated heterocycles. The van der Waals surface area contributed by atoms with Crippen molar-refractivity contribution >= 4 is 12.4 Å². The number of benzene rings is 2. The highest BCUT2D eigenvalue weighted by Crippen LogP contribution is 2.22. The molecule has 0 spiro atoms. The molecular formula is C17H18N2O2. The molecule has 0 aromatic heterocycles. The quantitative estimate of drug-likeness (QED) is 0.668. The van der Waals surface area contributed by atoms with Gasteiger partial charge in [-0.2, -0.15) is 10.2 Å². The van der Waals surface area contributed by atoms with Crippen molar-refractivity contribution in [1.29, 1.82) is 0 Å². The number of hydrogen-bond donors (Lipinski definition) is 2. The van der Waals surface area contributed by atoms with E-state index in [4.69, 9.17) is 0 Å². The van der Waals surface area contributed by atoms with Crippen LogP contribution in [0.2, 0.25) is 0 Å². The summed E-state index contributed by atoms with van der Waals surface area (Å²) in [5, 5.41) is 27.1. The van der Waals surface area contributed by atoms with E-state index < -0.39 is 0 Å². The average Bonchev–Trinajstić information content (AvgIpc) is 2.44. The molecule has 0 aliphatic carbocycles. The van der Waals surface area contributed by atoms with Crippen molar-refractivity contribution in [3.8, 4) is 11.5 Å². The summed E-state index contributed by atoms with van der Waals surface area (Å²) in [4.78, 5) is 0. The monoisotopic (exact) mass is 282 g/mol.